The molecule has 0 radical (unpaired) electrons. The molecule has 0 aliphatic carbocycles. The van der Waals surface area contributed by atoms with Crippen molar-refractivity contribution in [3.05, 3.63) is 54.1 Å². The van der Waals surface area contributed by atoms with Gasteiger partial charge in [0.2, 0.25) is 0 Å². The quantitative estimate of drug-likeness (QED) is 0.777. The predicted molar refractivity (Wildman–Crippen MR) is 88.0 cm³/mol. The Balaban J connectivity index is 2.31. The number of methoxy groups -OCH3 is 1. The summed E-state index contributed by atoms with van der Waals surface area (Å²) in [5.74, 6) is 0.840. The van der Waals surface area contributed by atoms with Crippen molar-refractivity contribution in [2.75, 3.05) is 19.5 Å². The number of benzene rings is 2. The summed E-state index contributed by atoms with van der Waals surface area (Å²) in [7, 11) is 3.62. The monoisotopic (exact) mass is 278 g/mol. The van der Waals surface area contributed by atoms with Crippen LogP contribution < -0.4 is 10.1 Å². The number of hydrogen-bond donors (Lipinski definition) is 1. The van der Waals surface area contributed by atoms with Crippen molar-refractivity contribution >= 4 is 16.6 Å². The molecule has 21 heavy (non-hydrogen) atoms. The Morgan fingerprint density at radius 1 is 1.05 bits per heavy atom. The fraction of sp³-hybridized carbons (Fsp3) is 0.167. The summed E-state index contributed by atoms with van der Waals surface area (Å²) in [6.07, 6.45) is 0. The first-order valence-corrected chi connectivity index (χ1v) is 6.96. The van der Waals surface area contributed by atoms with Crippen LogP contribution in [-0.4, -0.2) is 19.1 Å². The number of fused-ring (bicyclic) bond motifs is 1. The van der Waals surface area contributed by atoms with E-state index in [0.717, 1.165) is 39.2 Å². The zero-order chi connectivity index (χ0) is 14.8. The van der Waals surface area contributed by atoms with Crippen molar-refractivity contribution in [1.29, 1.82) is 0 Å². The molecule has 0 amide bonds. The summed E-state index contributed by atoms with van der Waals surface area (Å²) in [6, 6.07) is 16.2. The minimum atomic E-state index is 0.840. The van der Waals surface area contributed by atoms with Gasteiger partial charge in [0.05, 0.1) is 18.3 Å². The zero-order valence-electron chi connectivity index (χ0n) is 12.5. The van der Waals surface area contributed by atoms with Gasteiger partial charge in [-0.1, -0.05) is 30.3 Å². The number of rotatable bonds is 3. The van der Waals surface area contributed by atoms with Crippen LogP contribution >= 0.6 is 0 Å². The van der Waals surface area contributed by atoms with E-state index in [1.165, 1.54) is 0 Å². The second-order valence-electron chi connectivity index (χ2n) is 4.96. The van der Waals surface area contributed by atoms with Crippen molar-refractivity contribution in [1.82, 2.24) is 4.98 Å². The molecule has 0 aliphatic heterocycles. The third-order valence-electron chi connectivity index (χ3n) is 3.73. The average molecular weight is 278 g/mol. The van der Waals surface area contributed by atoms with Crippen LogP contribution in [0.3, 0.4) is 0 Å². The number of pyridine rings is 1. The maximum atomic E-state index is 5.32. The van der Waals surface area contributed by atoms with Gasteiger partial charge < -0.3 is 10.1 Å². The molecule has 3 aromatic rings. The molecule has 0 atom stereocenters. The fourth-order valence-corrected chi connectivity index (χ4v) is 2.66. The third kappa shape index (κ3) is 2.31. The van der Waals surface area contributed by atoms with Crippen molar-refractivity contribution in [2.45, 2.75) is 6.92 Å². The molecule has 0 unspecified atom stereocenters. The van der Waals surface area contributed by atoms with Gasteiger partial charge in [0.15, 0.2) is 0 Å². The van der Waals surface area contributed by atoms with Crippen LogP contribution in [0.1, 0.15) is 5.56 Å². The average Bonchev–Trinajstić information content (AvgIpc) is 2.54. The molecule has 0 fully saturated rings. The predicted octanol–water partition coefficient (Wildman–Crippen LogP) is 4.26. The summed E-state index contributed by atoms with van der Waals surface area (Å²) in [5.41, 5.74) is 5.34. The number of anilines is 1. The maximum Gasteiger partial charge on any atom is 0.119 e. The Kier molecular flexibility index (Phi) is 3.48. The normalized spacial score (nSPS) is 10.6. The number of hydrogen-bond acceptors (Lipinski definition) is 3. The summed E-state index contributed by atoms with van der Waals surface area (Å²) in [4.78, 5) is 4.83. The fourth-order valence-electron chi connectivity index (χ4n) is 2.66. The van der Waals surface area contributed by atoms with Gasteiger partial charge in [-0.15, -0.1) is 0 Å². The van der Waals surface area contributed by atoms with Gasteiger partial charge in [0, 0.05) is 23.7 Å². The van der Waals surface area contributed by atoms with Crippen molar-refractivity contribution < 1.29 is 4.74 Å². The lowest BCUT2D eigenvalue weighted by atomic mass is 10.0. The van der Waals surface area contributed by atoms with Crippen LogP contribution in [0.2, 0.25) is 0 Å². The molecule has 3 rings (SSSR count). The molecule has 1 N–H and O–H groups in total. The van der Waals surface area contributed by atoms with Crippen molar-refractivity contribution in [3.8, 4) is 17.0 Å². The van der Waals surface area contributed by atoms with E-state index in [4.69, 9.17) is 9.72 Å². The van der Waals surface area contributed by atoms with Crippen LogP contribution in [0.4, 0.5) is 5.69 Å². The molecule has 3 nitrogen and oxygen atoms in total. The second-order valence-corrected chi connectivity index (χ2v) is 4.96. The van der Waals surface area contributed by atoms with E-state index < -0.39 is 0 Å². The van der Waals surface area contributed by atoms with E-state index in [-0.39, 0.29) is 0 Å². The first kappa shape index (κ1) is 13.4. The third-order valence-corrected chi connectivity index (χ3v) is 3.73. The Labute approximate surface area is 124 Å². The van der Waals surface area contributed by atoms with Crippen LogP contribution in [-0.2, 0) is 0 Å². The van der Waals surface area contributed by atoms with Crippen LogP contribution in [0.25, 0.3) is 22.2 Å². The molecule has 1 aromatic heterocycles. The first-order valence-electron chi connectivity index (χ1n) is 6.96. The molecule has 0 saturated heterocycles. The smallest absolute Gasteiger partial charge is 0.119 e. The molecule has 0 aliphatic rings. The number of aromatic nitrogens is 1. The van der Waals surface area contributed by atoms with Gasteiger partial charge in [-0.2, -0.15) is 0 Å². The van der Waals surface area contributed by atoms with Crippen molar-refractivity contribution in [3.63, 3.8) is 0 Å². The molecule has 0 saturated carbocycles. The van der Waals surface area contributed by atoms with E-state index in [0.29, 0.717) is 0 Å². The van der Waals surface area contributed by atoms with Crippen LogP contribution in [0.15, 0.2) is 48.5 Å². The van der Waals surface area contributed by atoms with Gasteiger partial charge in [-0.25, -0.2) is 4.98 Å². The molecule has 1 heterocycles. The Hall–Kier alpha value is -2.55. The van der Waals surface area contributed by atoms with Gasteiger partial charge in [-0.05, 0) is 30.7 Å². The maximum absolute atomic E-state index is 5.32. The molecular formula is C18H18N2O. The highest BCUT2D eigenvalue weighted by molar-refractivity contribution is 5.97. The molecular weight excluding hydrogens is 260 g/mol. The lowest BCUT2D eigenvalue weighted by Gasteiger charge is -2.15. The first-order chi connectivity index (χ1) is 10.2. The van der Waals surface area contributed by atoms with Crippen LogP contribution in [0, 0.1) is 6.92 Å². The summed E-state index contributed by atoms with van der Waals surface area (Å²) in [5, 5.41) is 4.38. The van der Waals surface area contributed by atoms with E-state index in [2.05, 4.69) is 24.4 Å². The molecule has 106 valence electrons. The largest absolute Gasteiger partial charge is 0.497 e. The van der Waals surface area contributed by atoms with Gasteiger partial charge >= 0.3 is 0 Å². The minimum Gasteiger partial charge on any atom is -0.497 e. The van der Waals surface area contributed by atoms with Gasteiger partial charge in [0.25, 0.3) is 0 Å². The van der Waals surface area contributed by atoms with E-state index in [1.807, 2.05) is 43.4 Å². The lowest BCUT2D eigenvalue weighted by molar-refractivity contribution is 0.415. The second kappa shape index (κ2) is 5.44. The highest BCUT2D eigenvalue weighted by Crippen LogP contribution is 2.34. The van der Waals surface area contributed by atoms with Gasteiger partial charge in [0.1, 0.15) is 5.75 Å². The molecule has 2 aromatic carbocycles. The summed E-state index contributed by atoms with van der Waals surface area (Å²) < 4.78 is 5.32. The van der Waals surface area contributed by atoms with Crippen molar-refractivity contribution in [2.24, 2.45) is 0 Å². The topological polar surface area (TPSA) is 34.2 Å². The number of nitrogens with one attached hydrogen (secondary N) is 1. The minimum absolute atomic E-state index is 0.840. The summed E-state index contributed by atoms with van der Waals surface area (Å²) in [6.45, 7) is 2.10. The van der Waals surface area contributed by atoms with E-state index in [1.54, 1.807) is 7.11 Å². The molecule has 0 spiro atoms. The Bertz CT molecular complexity index is 782. The molecule has 3 heteroatoms. The summed E-state index contributed by atoms with van der Waals surface area (Å²) >= 11 is 0. The number of nitrogens with zero attached hydrogens (tertiary/aromatic N) is 1. The SMILES string of the molecule is CNc1c(C)c(-c2ccccc2)nc2ccc(OC)cc12. The van der Waals surface area contributed by atoms with E-state index >= 15 is 0 Å². The Morgan fingerprint density at radius 2 is 1.81 bits per heavy atom. The van der Waals surface area contributed by atoms with E-state index in [9.17, 15) is 0 Å². The zero-order valence-corrected chi connectivity index (χ0v) is 12.5. The standard InChI is InChI=1S/C18H18N2O/c1-12-17(13-7-5-4-6-8-13)20-16-10-9-14(21-3)11-15(16)18(12)19-2/h4-11H,1-3H3,(H,19,20). The Morgan fingerprint density at radius 3 is 2.48 bits per heavy atom. The lowest BCUT2D eigenvalue weighted by Crippen LogP contribution is -1.99. The number of ether oxygens (including phenoxy) is 1. The van der Waals surface area contributed by atoms with Gasteiger partial charge in [-0.3, -0.25) is 0 Å². The molecule has 0 bridgehead atoms. The van der Waals surface area contributed by atoms with Crippen LogP contribution in [0.5, 0.6) is 5.75 Å². The highest BCUT2D eigenvalue weighted by atomic mass is 16.5. The highest BCUT2D eigenvalue weighted by Gasteiger charge is 2.12.